The fourth-order valence-electron chi connectivity index (χ4n) is 3.11. The van der Waals surface area contributed by atoms with E-state index in [4.69, 9.17) is 0 Å². The maximum atomic E-state index is 11.3. The summed E-state index contributed by atoms with van der Waals surface area (Å²) in [6.45, 7) is 14.7. The van der Waals surface area contributed by atoms with E-state index in [0.717, 1.165) is 13.1 Å². The molecule has 1 amide bonds. The molecule has 2 fully saturated rings. The molecule has 0 aromatic rings. The highest BCUT2D eigenvalue weighted by molar-refractivity contribution is 5.73. The van der Waals surface area contributed by atoms with Gasteiger partial charge < -0.3 is 9.80 Å². The van der Waals surface area contributed by atoms with Crippen molar-refractivity contribution in [3.05, 3.63) is 0 Å². The van der Waals surface area contributed by atoms with Crippen LogP contribution in [0, 0.1) is 5.41 Å². The van der Waals surface area contributed by atoms with Gasteiger partial charge in [0, 0.05) is 32.6 Å². The summed E-state index contributed by atoms with van der Waals surface area (Å²) in [5, 5.41) is 0. The van der Waals surface area contributed by atoms with Gasteiger partial charge in [0.05, 0.1) is 0 Å². The van der Waals surface area contributed by atoms with Crippen molar-refractivity contribution in [3.63, 3.8) is 0 Å². The SMILES string of the molecule is CC.CC(=O)N1CCC2(CC1)CCN(C(C)C)C2. The van der Waals surface area contributed by atoms with E-state index in [9.17, 15) is 4.79 Å². The first-order valence-electron chi connectivity index (χ1n) is 7.52. The van der Waals surface area contributed by atoms with Crippen LogP contribution in [-0.2, 0) is 4.79 Å². The highest BCUT2D eigenvalue weighted by atomic mass is 16.2. The molecule has 2 heterocycles. The molecule has 2 rings (SSSR count). The third-order valence-corrected chi connectivity index (χ3v) is 4.47. The molecule has 106 valence electrons. The zero-order valence-electron chi connectivity index (χ0n) is 12.8. The smallest absolute Gasteiger partial charge is 0.219 e. The van der Waals surface area contributed by atoms with Gasteiger partial charge in [0.1, 0.15) is 0 Å². The second-order valence-corrected chi connectivity index (χ2v) is 5.82. The van der Waals surface area contributed by atoms with E-state index >= 15 is 0 Å². The van der Waals surface area contributed by atoms with Crippen LogP contribution in [0.5, 0.6) is 0 Å². The minimum absolute atomic E-state index is 0.244. The zero-order valence-corrected chi connectivity index (χ0v) is 12.8. The molecule has 0 radical (unpaired) electrons. The molecular formula is C15H30N2O. The van der Waals surface area contributed by atoms with E-state index in [1.54, 1.807) is 6.92 Å². The highest BCUT2D eigenvalue weighted by Gasteiger charge is 2.41. The Bertz CT molecular complexity index is 268. The fourth-order valence-corrected chi connectivity index (χ4v) is 3.11. The van der Waals surface area contributed by atoms with Crippen LogP contribution in [0.4, 0.5) is 0 Å². The summed E-state index contributed by atoms with van der Waals surface area (Å²) in [5.74, 6) is 0.244. The molecule has 2 aliphatic rings. The number of piperidine rings is 1. The molecule has 0 aromatic heterocycles. The van der Waals surface area contributed by atoms with Crippen LogP contribution < -0.4 is 0 Å². The Morgan fingerprint density at radius 3 is 1.94 bits per heavy atom. The molecule has 0 aromatic carbocycles. The molecule has 3 heteroatoms. The van der Waals surface area contributed by atoms with Gasteiger partial charge in [-0.25, -0.2) is 0 Å². The van der Waals surface area contributed by atoms with E-state index < -0.39 is 0 Å². The van der Waals surface area contributed by atoms with E-state index in [-0.39, 0.29) is 5.91 Å². The number of hydrogen-bond acceptors (Lipinski definition) is 2. The van der Waals surface area contributed by atoms with Crippen LogP contribution in [0.15, 0.2) is 0 Å². The monoisotopic (exact) mass is 254 g/mol. The first-order chi connectivity index (χ1) is 8.52. The molecule has 0 N–H and O–H groups in total. The molecule has 0 saturated carbocycles. The van der Waals surface area contributed by atoms with Gasteiger partial charge in [0.25, 0.3) is 0 Å². The molecule has 0 aliphatic carbocycles. The lowest BCUT2D eigenvalue weighted by Crippen LogP contribution is -2.43. The molecule has 0 unspecified atom stereocenters. The molecule has 0 bridgehead atoms. The van der Waals surface area contributed by atoms with Crippen molar-refractivity contribution in [3.8, 4) is 0 Å². The van der Waals surface area contributed by atoms with Crippen molar-refractivity contribution in [2.45, 2.75) is 59.9 Å². The van der Waals surface area contributed by atoms with E-state index in [1.807, 2.05) is 18.7 Å². The van der Waals surface area contributed by atoms with Crippen LogP contribution in [0.1, 0.15) is 53.9 Å². The van der Waals surface area contributed by atoms with Crippen LogP contribution >= 0.6 is 0 Å². The summed E-state index contributed by atoms with van der Waals surface area (Å²) in [6.07, 6.45) is 3.74. The molecule has 2 aliphatic heterocycles. The lowest BCUT2D eigenvalue weighted by Gasteiger charge is -2.39. The van der Waals surface area contributed by atoms with Gasteiger partial charge in [-0.3, -0.25) is 4.79 Å². The first kappa shape index (κ1) is 15.5. The standard InChI is InChI=1S/C13H24N2O.C2H6/c1-11(2)15-9-6-13(10-15)4-7-14(8-5-13)12(3)16;1-2/h11H,4-10H2,1-3H3;1-2H3. The number of likely N-dealkylation sites (tertiary alicyclic amines) is 2. The Morgan fingerprint density at radius 1 is 1.06 bits per heavy atom. The molecular weight excluding hydrogens is 224 g/mol. The van der Waals surface area contributed by atoms with Gasteiger partial charge in [-0.15, -0.1) is 0 Å². The van der Waals surface area contributed by atoms with Gasteiger partial charge in [0.2, 0.25) is 5.91 Å². The van der Waals surface area contributed by atoms with Crippen molar-refractivity contribution in [2.75, 3.05) is 26.2 Å². The molecule has 2 saturated heterocycles. The van der Waals surface area contributed by atoms with Gasteiger partial charge in [-0.05, 0) is 45.1 Å². The summed E-state index contributed by atoms with van der Waals surface area (Å²) in [4.78, 5) is 15.9. The van der Waals surface area contributed by atoms with Crippen LogP contribution in [0.2, 0.25) is 0 Å². The third-order valence-electron chi connectivity index (χ3n) is 4.47. The topological polar surface area (TPSA) is 23.6 Å². The van der Waals surface area contributed by atoms with E-state index in [1.165, 1.54) is 32.4 Å². The Hall–Kier alpha value is -0.570. The van der Waals surface area contributed by atoms with Crippen molar-refractivity contribution < 1.29 is 4.79 Å². The minimum Gasteiger partial charge on any atom is -0.343 e. The van der Waals surface area contributed by atoms with Crippen molar-refractivity contribution in [1.82, 2.24) is 9.80 Å². The second-order valence-electron chi connectivity index (χ2n) is 5.82. The maximum Gasteiger partial charge on any atom is 0.219 e. The molecule has 0 atom stereocenters. The molecule has 18 heavy (non-hydrogen) atoms. The lowest BCUT2D eigenvalue weighted by atomic mass is 9.78. The van der Waals surface area contributed by atoms with Gasteiger partial charge in [-0.2, -0.15) is 0 Å². The summed E-state index contributed by atoms with van der Waals surface area (Å²) in [5.41, 5.74) is 0.524. The number of amides is 1. The number of carbonyl (C=O) groups excluding carboxylic acids is 1. The second kappa shape index (κ2) is 6.55. The number of hydrogen-bond donors (Lipinski definition) is 0. The van der Waals surface area contributed by atoms with Crippen molar-refractivity contribution >= 4 is 5.91 Å². The number of nitrogens with zero attached hydrogens (tertiary/aromatic N) is 2. The predicted octanol–water partition coefficient (Wildman–Crippen LogP) is 2.76. The Labute approximate surface area is 113 Å². The Kier molecular flexibility index (Phi) is 5.64. The van der Waals surface area contributed by atoms with Crippen LogP contribution in [0.3, 0.4) is 0 Å². The summed E-state index contributed by atoms with van der Waals surface area (Å²) in [6, 6.07) is 0.671. The normalized spacial score (nSPS) is 23.1. The first-order valence-corrected chi connectivity index (χ1v) is 7.52. The summed E-state index contributed by atoms with van der Waals surface area (Å²) < 4.78 is 0. The van der Waals surface area contributed by atoms with Gasteiger partial charge in [0.15, 0.2) is 0 Å². The lowest BCUT2D eigenvalue weighted by molar-refractivity contribution is -0.131. The molecule has 3 nitrogen and oxygen atoms in total. The van der Waals surface area contributed by atoms with E-state index in [0.29, 0.717) is 11.5 Å². The average Bonchev–Trinajstić information content (AvgIpc) is 2.77. The largest absolute Gasteiger partial charge is 0.343 e. The van der Waals surface area contributed by atoms with Gasteiger partial charge in [-0.1, -0.05) is 13.8 Å². The quantitative estimate of drug-likeness (QED) is 0.718. The van der Waals surface area contributed by atoms with Crippen LogP contribution in [0.25, 0.3) is 0 Å². The van der Waals surface area contributed by atoms with E-state index in [2.05, 4.69) is 18.7 Å². The zero-order chi connectivity index (χ0) is 13.8. The van der Waals surface area contributed by atoms with Gasteiger partial charge >= 0.3 is 0 Å². The van der Waals surface area contributed by atoms with Crippen molar-refractivity contribution in [2.24, 2.45) is 5.41 Å². The maximum absolute atomic E-state index is 11.3. The average molecular weight is 254 g/mol. The van der Waals surface area contributed by atoms with Crippen molar-refractivity contribution in [1.29, 1.82) is 0 Å². The fraction of sp³-hybridized carbons (Fsp3) is 0.933. The molecule has 1 spiro atoms. The summed E-state index contributed by atoms with van der Waals surface area (Å²) in [7, 11) is 0. The minimum atomic E-state index is 0.244. The number of rotatable bonds is 1. The highest BCUT2D eigenvalue weighted by Crippen LogP contribution is 2.40. The number of carbonyl (C=O) groups is 1. The summed E-state index contributed by atoms with van der Waals surface area (Å²) >= 11 is 0. The Balaban J connectivity index is 0.000000771. The predicted molar refractivity (Wildman–Crippen MR) is 76.6 cm³/mol. The third kappa shape index (κ3) is 3.47. The Morgan fingerprint density at radius 2 is 1.56 bits per heavy atom. The van der Waals surface area contributed by atoms with Crippen LogP contribution in [-0.4, -0.2) is 47.9 Å².